The number of amides is 1. The molecule has 138 valence electrons. The van der Waals surface area contributed by atoms with Crippen molar-refractivity contribution in [3.8, 4) is 0 Å². The minimum absolute atomic E-state index is 0.153. The van der Waals surface area contributed by atoms with E-state index in [2.05, 4.69) is 5.32 Å². The summed E-state index contributed by atoms with van der Waals surface area (Å²) >= 11 is 0. The van der Waals surface area contributed by atoms with Crippen molar-refractivity contribution >= 4 is 11.9 Å². The Morgan fingerprint density at radius 1 is 0.962 bits per heavy atom. The summed E-state index contributed by atoms with van der Waals surface area (Å²) in [6.45, 7) is 4.11. The number of benzene rings is 2. The average molecular weight is 355 g/mol. The maximum Gasteiger partial charge on any atom is 0.408 e. The fourth-order valence-corrected chi connectivity index (χ4v) is 2.60. The van der Waals surface area contributed by atoms with E-state index in [0.29, 0.717) is 13.0 Å². The fraction of sp³-hybridized carbons (Fsp3) is 0.333. The molecule has 0 aliphatic rings. The van der Waals surface area contributed by atoms with E-state index < -0.39 is 18.2 Å². The van der Waals surface area contributed by atoms with Gasteiger partial charge in [-0.3, -0.25) is 4.79 Å². The van der Waals surface area contributed by atoms with E-state index >= 15 is 0 Å². The summed E-state index contributed by atoms with van der Waals surface area (Å²) in [7, 11) is 0. The zero-order chi connectivity index (χ0) is 18.8. The van der Waals surface area contributed by atoms with Gasteiger partial charge in [0.1, 0.15) is 12.7 Å². The van der Waals surface area contributed by atoms with Gasteiger partial charge in [-0.15, -0.1) is 0 Å². The quantitative estimate of drug-likeness (QED) is 0.747. The van der Waals surface area contributed by atoms with Gasteiger partial charge in [0, 0.05) is 6.61 Å². The van der Waals surface area contributed by atoms with Crippen LogP contribution in [-0.4, -0.2) is 30.6 Å². The number of nitrogens with one attached hydrogen (secondary N) is 1. The zero-order valence-corrected chi connectivity index (χ0v) is 15.2. The Morgan fingerprint density at radius 3 is 2.12 bits per heavy atom. The van der Waals surface area contributed by atoms with Crippen LogP contribution >= 0.6 is 0 Å². The van der Waals surface area contributed by atoms with E-state index in [1.54, 1.807) is 6.92 Å². The molecule has 0 aliphatic heterocycles. The predicted molar refractivity (Wildman–Crippen MR) is 99.8 cm³/mol. The molecule has 5 heteroatoms. The molecule has 2 unspecified atom stereocenters. The van der Waals surface area contributed by atoms with Crippen LogP contribution in [-0.2, 0) is 27.3 Å². The van der Waals surface area contributed by atoms with Gasteiger partial charge in [0.2, 0.25) is 0 Å². The first-order valence-electron chi connectivity index (χ1n) is 8.76. The van der Waals surface area contributed by atoms with E-state index in [1.807, 2.05) is 67.6 Å². The van der Waals surface area contributed by atoms with Gasteiger partial charge in [-0.25, -0.2) is 4.79 Å². The van der Waals surface area contributed by atoms with E-state index in [-0.39, 0.29) is 12.4 Å². The Kier molecular flexibility index (Phi) is 7.83. The molecule has 0 saturated carbocycles. The lowest BCUT2D eigenvalue weighted by Gasteiger charge is -2.21. The van der Waals surface area contributed by atoms with Crippen molar-refractivity contribution in [2.75, 3.05) is 6.61 Å². The lowest BCUT2D eigenvalue weighted by molar-refractivity contribution is -0.131. The molecule has 2 aromatic carbocycles. The molecule has 0 saturated heterocycles. The van der Waals surface area contributed by atoms with Gasteiger partial charge in [-0.1, -0.05) is 60.7 Å². The first-order valence-corrected chi connectivity index (χ1v) is 8.76. The molecule has 5 nitrogen and oxygen atoms in total. The summed E-state index contributed by atoms with van der Waals surface area (Å²) < 4.78 is 10.6. The molecule has 1 amide bonds. The van der Waals surface area contributed by atoms with Gasteiger partial charge in [-0.05, 0) is 31.4 Å². The molecule has 0 spiro atoms. The summed E-state index contributed by atoms with van der Waals surface area (Å²) in [6.07, 6.45) is -0.827. The number of ether oxygens (including phenoxy) is 2. The highest BCUT2D eigenvalue weighted by Crippen LogP contribution is 2.08. The smallest absolute Gasteiger partial charge is 0.408 e. The lowest BCUT2D eigenvalue weighted by atomic mass is 10.00. The number of rotatable bonds is 9. The van der Waals surface area contributed by atoms with Crippen molar-refractivity contribution in [2.45, 2.75) is 39.0 Å². The molecule has 2 rings (SSSR count). The van der Waals surface area contributed by atoms with E-state index in [4.69, 9.17) is 9.47 Å². The summed E-state index contributed by atoms with van der Waals surface area (Å²) in [5, 5.41) is 2.68. The van der Waals surface area contributed by atoms with E-state index in [1.165, 1.54) is 0 Å². The minimum atomic E-state index is -0.706. The molecule has 0 bridgehead atoms. The highest BCUT2D eigenvalue weighted by atomic mass is 16.5. The minimum Gasteiger partial charge on any atom is -0.445 e. The maximum absolute atomic E-state index is 12.7. The highest BCUT2D eigenvalue weighted by molar-refractivity contribution is 5.90. The molecule has 0 aliphatic carbocycles. The third-order valence-electron chi connectivity index (χ3n) is 3.95. The monoisotopic (exact) mass is 355 g/mol. The molecule has 2 aromatic rings. The van der Waals surface area contributed by atoms with Crippen molar-refractivity contribution in [1.29, 1.82) is 0 Å². The van der Waals surface area contributed by atoms with Crippen LogP contribution in [0.25, 0.3) is 0 Å². The maximum atomic E-state index is 12.7. The van der Waals surface area contributed by atoms with Crippen LogP contribution in [0.3, 0.4) is 0 Å². The Morgan fingerprint density at radius 2 is 1.54 bits per heavy atom. The SMILES string of the molecule is CCOC(C)C(=O)C(Cc1ccccc1)NC(=O)OCc1ccccc1. The summed E-state index contributed by atoms with van der Waals surface area (Å²) in [6, 6.07) is 18.2. The Hall–Kier alpha value is -2.66. The number of alkyl carbamates (subject to hydrolysis) is 1. The van der Waals surface area contributed by atoms with Crippen molar-refractivity contribution in [3.05, 3.63) is 71.8 Å². The first-order chi connectivity index (χ1) is 12.6. The molecule has 0 heterocycles. The summed E-state index contributed by atoms with van der Waals surface area (Å²) in [4.78, 5) is 24.8. The van der Waals surface area contributed by atoms with E-state index in [0.717, 1.165) is 11.1 Å². The van der Waals surface area contributed by atoms with Crippen LogP contribution in [0.4, 0.5) is 4.79 Å². The number of hydrogen-bond acceptors (Lipinski definition) is 4. The molecule has 0 fully saturated rings. The second-order valence-electron chi connectivity index (χ2n) is 5.95. The molecular weight excluding hydrogens is 330 g/mol. The average Bonchev–Trinajstić information content (AvgIpc) is 2.67. The molecular formula is C21H25NO4. The predicted octanol–water partition coefficient (Wildman–Crippen LogP) is 3.52. The van der Waals surface area contributed by atoms with Crippen molar-refractivity contribution in [1.82, 2.24) is 5.32 Å². The molecule has 1 N–H and O–H groups in total. The molecule has 0 radical (unpaired) electrons. The lowest BCUT2D eigenvalue weighted by Crippen LogP contribution is -2.46. The van der Waals surface area contributed by atoms with Gasteiger partial charge in [0.05, 0.1) is 6.04 Å². The van der Waals surface area contributed by atoms with Crippen molar-refractivity contribution in [3.63, 3.8) is 0 Å². The Balaban J connectivity index is 2.00. The van der Waals surface area contributed by atoms with Gasteiger partial charge in [0.25, 0.3) is 0 Å². The standard InChI is InChI=1S/C21H25NO4/c1-3-25-16(2)20(23)19(14-17-10-6-4-7-11-17)22-21(24)26-15-18-12-8-5-9-13-18/h4-13,16,19H,3,14-15H2,1-2H3,(H,22,24). The molecule has 26 heavy (non-hydrogen) atoms. The van der Waals surface area contributed by atoms with E-state index in [9.17, 15) is 9.59 Å². The van der Waals surface area contributed by atoms with Gasteiger partial charge < -0.3 is 14.8 Å². The van der Waals surface area contributed by atoms with Crippen LogP contribution in [0.2, 0.25) is 0 Å². The summed E-state index contributed by atoms with van der Waals surface area (Å²) in [5.41, 5.74) is 1.84. The second-order valence-corrected chi connectivity index (χ2v) is 5.95. The second kappa shape index (κ2) is 10.4. The largest absolute Gasteiger partial charge is 0.445 e. The Bertz CT molecular complexity index is 688. The van der Waals surface area contributed by atoms with Crippen LogP contribution in [0, 0.1) is 0 Å². The number of hydrogen-bond donors (Lipinski definition) is 1. The molecule has 2 atom stereocenters. The highest BCUT2D eigenvalue weighted by Gasteiger charge is 2.26. The fourth-order valence-electron chi connectivity index (χ4n) is 2.60. The van der Waals surface area contributed by atoms with Crippen LogP contribution in [0.1, 0.15) is 25.0 Å². The number of Topliss-reactive ketones (excluding diaryl/α,β-unsaturated/α-hetero) is 1. The van der Waals surface area contributed by atoms with Gasteiger partial charge >= 0.3 is 6.09 Å². The van der Waals surface area contributed by atoms with Crippen LogP contribution in [0.5, 0.6) is 0 Å². The number of carbonyl (C=O) groups excluding carboxylic acids is 2. The Labute approximate surface area is 154 Å². The first kappa shape index (κ1) is 19.7. The van der Waals surface area contributed by atoms with Gasteiger partial charge in [0.15, 0.2) is 5.78 Å². The number of ketones is 1. The zero-order valence-electron chi connectivity index (χ0n) is 15.2. The van der Waals surface area contributed by atoms with Crippen LogP contribution in [0.15, 0.2) is 60.7 Å². The van der Waals surface area contributed by atoms with Crippen LogP contribution < -0.4 is 5.32 Å². The normalized spacial score (nSPS) is 12.8. The third kappa shape index (κ3) is 6.33. The molecule has 0 aromatic heterocycles. The summed E-state index contributed by atoms with van der Waals surface area (Å²) in [5.74, 6) is -0.174. The topological polar surface area (TPSA) is 64.6 Å². The van der Waals surface area contributed by atoms with Gasteiger partial charge in [-0.2, -0.15) is 0 Å². The number of carbonyl (C=O) groups is 2. The third-order valence-corrected chi connectivity index (χ3v) is 3.95. The van der Waals surface area contributed by atoms with Crippen molar-refractivity contribution < 1.29 is 19.1 Å². The van der Waals surface area contributed by atoms with Crippen molar-refractivity contribution in [2.24, 2.45) is 0 Å².